The molecule has 1 amide bonds. The third-order valence-corrected chi connectivity index (χ3v) is 13.7. The molecule has 4 aliphatic carbocycles. The molecule has 0 spiro atoms. The number of hydrogen-bond donors (Lipinski definition) is 3. The van der Waals surface area contributed by atoms with Crippen LogP contribution in [0.3, 0.4) is 0 Å². The molecule has 0 radical (unpaired) electrons. The second-order valence-electron chi connectivity index (χ2n) is 17.1. The van der Waals surface area contributed by atoms with Crippen LogP contribution in [0, 0.1) is 33.5 Å². The van der Waals surface area contributed by atoms with Gasteiger partial charge in [-0.2, -0.15) is 0 Å². The van der Waals surface area contributed by atoms with Gasteiger partial charge in [0.1, 0.15) is 17.9 Å². The molecule has 2 heterocycles. The van der Waals surface area contributed by atoms with E-state index < -0.39 is 51.6 Å². The molecular formula is C39H55F2N5O2. The molecule has 0 aromatic carbocycles. The fourth-order valence-corrected chi connectivity index (χ4v) is 9.72. The topological polar surface area (TPSA) is 94.7 Å². The van der Waals surface area contributed by atoms with Crippen molar-refractivity contribution >= 4 is 18.1 Å². The lowest BCUT2D eigenvalue weighted by Gasteiger charge is -2.61. The number of allylic oxidation sites excluding steroid dienone is 4. The van der Waals surface area contributed by atoms with Gasteiger partial charge < -0.3 is 16.2 Å². The number of nitrogens with zero attached hydrogens (tertiary/aromatic N) is 3. The molecule has 3 fully saturated rings. The number of fused-ring (bicyclic) bond motifs is 1. The number of carbonyl (C=O) groups excluding carboxylic acids is 1. The van der Waals surface area contributed by atoms with Crippen molar-refractivity contribution in [3.63, 3.8) is 0 Å². The lowest BCUT2D eigenvalue weighted by Crippen LogP contribution is -2.74. The molecule has 48 heavy (non-hydrogen) atoms. The molecule has 4 N–H and O–H groups in total. The summed E-state index contributed by atoms with van der Waals surface area (Å²) >= 11 is 0. The number of halogens is 2. The number of pyridine rings is 1. The third-order valence-electron chi connectivity index (χ3n) is 13.7. The van der Waals surface area contributed by atoms with Gasteiger partial charge in [0.05, 0.1) is 16.3 Å². The van der Waals surface area contributed by atoms with E-state index in [4.69, 9.17) is 10.7 Å². The number of piperazine rings is 1. The highest BCUT2D eigenvalue weighted by atomic mass is 19.1. The molecule has 9 heteroatoms. The van der Waals surface area contributed by atoms with Gasteiger partial charge in [0.15, 0.2) is 0 Å². The first kappa shape index (κ1) is 35.1. The maximum absolute atomic E-state index is 15.0. The van der Waals surface area contributed by atoms with Gasteiger partial charge in [0.25, 0.3) is 0 Å². The zero-order valence-corrected chi connectivity index (χ0v) is 30.2. The SMILES string of the molecule is CNC(C)C=CC(C)(C)C1(C(N)=O)CCC23C=c4ncc(CN5C(O)C(C)(C)N(C)CC5(C)C5C=C(F)C=C(F)C5C)cc4=CC2(C3)C1. The highest BCUT2D eigenvalue weighted by Crippen LogP contribution is 2.78. The molecule has 1 saturated heterocycles. The van der Waals surface area contributed by atoms with Gasteiger partial charge in [0.2, 0.25) is 5.91 Å². The van der Waals surface area contributed by atoms with Gasteiger partial charge in [0, 0.05) is 59.6 Å². The zero-order valence-electron chi connectivity index (χ0n) is 30.2. The van der Waals surface area contributed by atoms with Gasteiger partial charge in [-0.25, -0.2) is 8.78 Å². The average molecular weight is 664 g/mol. The highest BCUT2D eigenvalue weighted by molar-refractivity contribution is 5.83. The number of nitrogens with two attached hydrogens (primary N) is 1. The molecule has 0 bridgehead atoms. The van der Waals surface area contributed by atoms with E-state index in [2.05, 4.69) is 61.4 Å². The number of hydrogen-bond acceptors (Lipinski definition) is 6. The number of amides is 1. The summed E-state index contributed by atoms with van der Waals surface area (Å²) in [6, 6.07) is 2.33. The van der Waals surface area contributed by atoms with E-state index in [0.717, 1.165) is 41.5 Å². The van der Waals surface area contributed by atoms with E-state index in [1.807, 2.05) is 46.0 Å². The van der Waals surface area contributed by atoms with Gasteiger partial charge in [-0.05, 0) is 95.8 Å². The zero-order chi connectivity index (χ0) is 35.2. The Morgan fingerprint density at radius 2 is 1.92 bits per heavy atom. The Morgan fingerprint density at radius 1 is 1.21 bits per heavy atom. The van der Waals surface area contributed by atoms with Crippen LogP contribution in [-0.2, 0) is 11.3 Å². The van der Waals surface area contributed by atoms with Crippen molar-refractivity contribution in [1.82, 2.24) is 20.1 Å². The summed E-state index contributed by atoms with van der Waals surface area (Å²) in [4.78, 5) is 22.5. The number of rotatable bonds is 8. The number of aliphatic hydroxyl groups excluding tert-OH is 1. The number of primary amides is 1. The quantitative estimate of drug-likeness (QED) is 0.356. The Hall–Kier alpha value is -2.72. The lowest BCUT2D eigenvalue weighted by atomic mass is 9.53. The van der Waals surface area contributed by atoms with Crippen molar-refractivity contribution in [2.45, 2.75) is 104 Å². The molecule has 1 aliphatic heterocycles. The van der Waals surface area contributed by atoms with Crippen LogP contribution in [-0.4, -0.2) is 69.8 Å². The van der Waals surface area contributed by atoms with Crippen LogP contribution >= 0.6 is 0 Å². The van der Waals surface area contributed by atoms with E-state index in [-0.39, 0.29) is 22.8 Å². The summed E-state index contributed by atoms with van der Waals surface area (Å²) in [6.07, 6.45) is 15.7. The van der Waals surface area contributed by atoms with Crippen LogP contribution < -0.4 is 21.6 Å². The Kier molecular flexibility index (Phi) is 8.34. The number of likely N-dealkylation sites (N-methyl/N-ethyl adjacent to an activating group) is 2. The predicted molar refractivity (Wildman–Crippen MR) is 187 cm³/mol. The molecule has 262 valence electrons. The monoisotopic (exact) mass is 663 g/mol. The molecular weight excluding hydrogens is 608 g/mol. The second-order valence-corrected chi connectivity index (χ2v) is 17.1. The molecule has 1 aromatic rings. The van der Waals surface area contributed by atoms with Crippen molar-refractivity contribution in [3.8, 4) is 0 Å². The fourth-order valence-electron chi connectivity index (χ4n) is 9.72. The van der Waals surface area contributed by atoms with Crippen LogP contribution in [0.2, 0.25) is 0 Å². The minimum absolute atomic E-state index is 0.0209. The van der Waals surface area contributed by atoms with Crippen LogP contribution in [0.4, 0.5) is 8.78 Å². The Morgan fingerprint density at radius 3 is 2.58 bits per heavy atom. The Balaban J connectivity index is 1.37. The van der Waals surface area contributed by atoms with E-state index in [9.17, 15) is 18.7 Å². The van der Waals surface area contributed by atoms with E-state index in [1.54, 1.807) is 6.92 Å². The van der Waals surface area contributed by atoms with E-state index in [0.29, 0.717) is 19.5 Å². The van der Waals surface area contributed by atoms with Crippen molar-refractivity contribution in [1.29, 1.82) is 0 Å². The predicted octanol–water partition coefficient (Wildman–Crippen LogP) is 4.45. The Labute approximate surface area is 284 Å². The molecule has 5 aliphatic rings. The maximum atomic E-state index is 15.0. The maximum Gasteiger partial charge on any atom is 0.224 e. The minimum atomic E-state index is -0.907. The van der Waals surface area contributed by atoms with E-state index >= 15 is 0 Å². The van der Waals surface area contributed by atoms with Crippen molar-refractivity contribution in [3.05, 3.63) is 64.4 Å². The molecule has 2 saturated carbocycles. The summed E-state index contributed by atoms with van der Waals surface area (Å²) in [5.74, 6) is -2.34. The average Bonchev–Trinajstić information content (AvgIpc) is 3.69. The minimum Gasteiger partial charge on any atom is -0.376 e. The number of carbonyl (C=O) groups is 1. The molecule has 1 aromatic heterocycles. The van der Waals surface area contributed by atoms with Crippen molar-refractivity contribution < 1.29 is 18.7 Å². The molecule has 8 unspecified atom stereocenters. The first-order valence-electron chi connectivity index (χ1n) is 17.5. The van der Waals surface area contributed by atoms with Gasteiger partial charge in [-0.15, -0.1) is 0 Å². The largest absolute Gasteiger partial charge is 0.376 e. The van der Waals surface area contributed by atoms with Crippen molar-refractivity contribution in [2.75, 3.05) is 20.6 Å². The number of aromatic nitrogens is 1. The third kappa shape index (κ3) is 5.17. The summed E-state index contributed by atoms with van der Waals surface area (Å²) in [5, 5.41) is 17.1. The van der Waals surface area contributed by atoms with Crippen LogP contribution in [0.25, 0.3) is 12.2 Å². The molecule has 6 rings (SSSR count). The first-order chi connectivity index (χ1) is 22.3. The lowest BCUT2D eigenvalue weighted by molar-refractivity contribution is -0.201. The Bertz CT molecular complexity index is 1720. The highest BCUT2D eigenvalue weighted by Gasteiger charge is 2.72. The van der Waals surface area contributed by atoms with Gasteiger partial charge in [-0.3, -0.25) is 19.6 Å². The molecule has 7 nitrogen and oxygen atoms in total. The standard InChI is InChI=1S/C39H55F2N5O2/c1-24(43-8)10-11-34(3,4)39(32(42)47)13-12-37-18-31-27(17-38(37,21-37)22-39)14-26(19-44-31)20-46-33(48)35(5,6)45(9)23-36(46,7)29-15-28(40)16-30(41)25(29)2/h10-11,14-19,24-25,29,33,43,48H,12-13,20-23H2,1-9H3,(H2,42,47). The summed E-state index contributed by atoms with van der Waals surface area (Å²) < 4.78 is 29.7. The van der Waals surface area contributed by atoms with Crippen molar-refractivity contribution in [2.24, 2.45) is 39.2 Å². The summed E-state index contributed by atoms with van der Waals surface area (Å²) in [7, 11) is 3.88. The van der Waals surface area contributed by atoms with Crippen LogP contribution in [0.1, 0.15) is 79.7 Å². The van der Waals surface area contributed by atoms with Crippen LogP contribution in [0.15, 0.2) is 48.2 Å². The van der Waals surface area contributed by atoms with E-state index in [1.165, 1.54) is 6.08 Å². The van der Waals surface area contributed by atoms with Gasteiger partial charge in [-0.1, -0.05) is 45.1 Å². The van der Waals surface area contributed by atoms with Gasteiger partial charge >= 0.3 is 0 Å². The second kappa shape index (κ2) is 11.4. The first-order valence-corrected chi connectivity index (χ1v) is 17.5. The normalized spacial score (nSPS) is 38.5. The fraction of sp³-hybridized carbons (Fsp3) is 0.641. The summed E-state index contributed by atoms with van der Waals surface area (Å²) in [6.45, 7) is 15.0. The number of aliphatic hydroxyl groups is 1. The number of nitrogens with one attached hydrogen (secondary N) is 1. The molecule has 8 atom stereocenters. The smallest absolute Gasteiger partial charge is 0.224 e. The summed E-state index contributed by atoms with van der Waals surface area (Å²) in [5.41, 5.74) is 4.50. The van der Waals surface area contributed by atoms with Crippen LogP contribution in [0.5, 0.6) is 0 Å².